The van der Waals surface area contributed by atoms with Crippen LogP contribution < -0.4 is 5.32 Å². The van der Waals surface area contributed by atoms with Crippen LogP contribution in [0.2, 0.25) is 0 Å². The highest BCUT2D eigenvalue weighted by Crippen LogP contribution is 2.24. The lowest BCUT2D eigenvalue weighted by atomic mass is 10.1. The second kappa shape index (κ2) is 7.77. The number of carbonyl (C=O) groups excluding carboxylic acids is 5. The standard InChI is InChI=1S/C17H19N3O6/c1-10(17(25)26-9-13(21)18-8-14(22)19(2)3)20-15(23)11-6-4-5-7-12(11)16(20)24/h4-7,10H,8-9H2,1-3H3,(H,18,21)/t10-/m0/s1. The Labute approximate surface area is 149 Å². The average molecular weight is 361 g/mol. The van der Waals surface area contributed by atoms with Gasteiger partial charge in [0, 0.05) is 14.1 Å². The summed E-state index contributed by atoms with van der Waals surface area (Å²) < 4.78 is 4.84. The minimum atomic E-state index is -1.18. The van der Waals surface area contributed by atoms with Gasteiger partial charge in [-0.3, -0.25) is 24.1 Å². The molecule has 4 amide bonds. The predicted octanol–water partition coefficient (Wildman–Crippen LogP) is -0.581. The average Bonchev–Trinajstić information content (AvgIpc) is 2.88. The molecule has 1 aliphatic heterocycles. The molecule has 138 valence electrons. The summed E-state index contributed by atoms with van der Waals surface area (Å²) in [5.41, 5.74) is 0.439. The number of nitrogens with zero attached hydrogens (tertiary/aromatic N) is 2. The molecule has 0 fully saturated rings. The fraction of sp³-hybridized carbons (Fsp3) is 0.353. The molecule has 0 aliphatic carbocycles. The van der Waals surface area contributed by atoms with Crippen molar-refractivity contribution in [3.63, 3.8) is 0 Å². The lowest BCUT2D eigenvalue weighted by Gasteiger charge is -2.20. The summed E-state index contributed by atoms with van der Waals surface area (Å²) in [6, 6.07) is 5.07. The first-order chi connectivity index (χ1) is 12.2. The summed E-state index contributed by atoms with van der Waals surface area (Å²) in [6.45, 7) is 0.502. The van der Waals surface area contributed by atoms with Gasteiger partial charge in [-0.05, 0) is 19.1 Å². The third kappa shape index (κ3) is 3.88. The number of carbonyl (C=O) groups is 5. The molecule has 9 nitrogen and oxygen atoms in total. The Hall–Kier alpha value is -3.23. The molecule has 0 spiro atoms. The second-order valence-corrected chi connectivity index (χ2v) is 5.87. The third-order valence-corrected chi connectivity index (χ3v) is 3.83. The molecule has 1 heterocycles. The number of likely N-dealkylation sites (N-methyl/N-ethyl adjacent to an activating group) is 1. The Balaban J connectivity index is 1.91. The topological polar surface area (TPSA) is 113 Å². The van der Waals surface area contributed by atoms with Crippen molar-refractivity contribution in [2.45, 2.75) is 13.0 Å². The number of benzene rings is 1. The van der Waals surface area contributed by atoms with Gasteiger partial charge in [0.05, 0.1) is 17.7 Å². The SMILES string of the molecule is C[C@@H](C(=O)OCC(=O)NCC(=O)N(C)C)N1C(=O)c2ccccc2C1=O. The van der Waals surface area contributed by atoms with Gasteiger partial charge in [0.2, 0.25) is 5.91 Å². The molecular formula is C17H19N3O6. The van der Waals surface area contributed by atoms with Crippen molar-refractivity contribution < 1.29 is 28.7 Å². The number of ether oxygens (including phenoxy) is 1. The molecule has 9 heteroatoms. The van der Waals surface area contributed by atoms with Crippen LogP contribution in [0.4, 0.5) is 0 Å². The molecule has 1 atom stereocenters. The summed E-state index contributed by atoms with van der Waals surface area (Å²) in [4.78, 5) is 61.8. The van der Waals surface area contributed by atoms with Gasteiger partial charge in [-0.25, -0.2) is 4.79 Å². The smallest absolute Gasteiger partial charge is 0.329 e. The molecule has 1 aliphatic rings. The zero-order valence-corrected chi connectivity index (χ0v) is 14.6. The van der Waals surface area contributed by atoms with Crippen LogP contribution in [0.1, 0.15) is 27.6 Å². The Morgan fingerprint density at radius 2 is 1.65 bits per heavy atom. The van der Waals surface area contributed by atoms with E-state index in [1.807, 2.05) is 0 Å². The summed E-state index contributed by atoms with van der Waals surface area (Å²) in [5.74, 6) is -3.05. The van der Waals surface area contributed by atoms with Crippen LogP contribution in [0.25, 0.3) is 0 Å². The number of imide groups is 1. The Morgan fingerprint density at radius 1 is 1.12 bits per heavy atom. The molecule has 0 radical (unpaired) electrons. The number of esters is 1. The van der Waals surface area contributed by atoms with Crippen molar-refractivity contribution in [2.24, 2.45) is 0 Å². The van der Waals surface area contributed by atoms with E-state index in [-0.39, 0.29) is 23.6 Å². The molecule has 0 saturated carbocycles. The van der Waals surface area contributed by atoms with E-state index in [0.717, 1.165) is 4.90 Å². The van der Waals surface area contributed by atoms with Gasteiger partial charge in [0.15, 0.2) is 6.61 Å². The maximum atomic E-state index is 12.3. The first kappa shape index (κ1) is 19.1. The van der Waals surface area contributed by atoms with Crippen molar-refractivity contribution in [3.05, 3.63) is 35.4 Å². The van der Waals surface area contributed by atoms with E-state index < -0.39 is 36.3 Å². The molecule has 1 aromatic rings. The van der Waals surface area contributed by atoms with Crippen LogP contribution in [0, 0.1) is 0 Å². The lowest BCUT2D eigenvalue weighted by molar-refractivity contribution is -0.152. The highest BCUT2D eigenvalue weighted by Gasteiger charge is 2.41. The van der Waals surface area contributed by atoms with Crippen LogP contribution >= 0.6 is 0 Å². The molecule has 0 aromatic heterocycles. The zero-order chi connectivity index (χ0) is 19.4. The van der Waals surface area contributed by atoms with E-state index in [2.05, 4.69) is 5.32 Å². The molecule has 26 heavy (non-hydrogen) atoms. The summed E-state index contributed by atoms with van der Waals surface area (Å²) in [5, 5.41) is 2.30. The molecular weight excluding hydrogens is 342 g/mol. The van der Waals surface area contributed by atoms with Crippen LogP contribution in [0.3, 0.4) is 0 Å². The molecule has 0 unspecified atom stereocenters. The number of fused-ring (bicyclic) bond motifs is 1. The second-order valence-electron chi connectivity index (χ2n) is 5.87. The molecule has 0 bridgehead atoms. The van der Waals surface area contributed by atoms with Crippen LogP contribution in [-0.4, -0.2) is 72.7 Å². The van der Waals surface area contributed by atoms with E-state index in [0.29, 0.717) is 0 Å². The first-order valence-electron chi connectivity index (χ1n) is 7.84. The van der Waals surface area contributed by atoms with Crippen molar-refractivity contribution in [2.75, 3.05) is 27.2 Å². The minimum absolute atomic E-state index is 0.220. The minimum Gasteiger partial charge on any atom is -0.454 e. The van der Waals surface area contributed by atoms with Gasteiger partial charge in [-0.2, -0.15) is 0 Å². The Kier molecular flexibility index (Phi) is 5.71. The Bertz CT molecular complexity index is 739. The highest BCUT2D eigenvalue weighted by molar-refractivity contribution is 6.22. The summed E-state index contributed by atoms with van der Waals surface area (Å²) in [6.07, 6.45) is 0. The fourth-order valence-electron chi connectivity index (χ4n) is 2.31. The third-order valence-electron chi connectivity index (χ3n) is 3.83. The van der Waals surface area contributed by atoms with E-state index >= 15 is 0 Å². The van der Waals surface area contributed by atoms with Crippen LogP contribution in [0.15, 0.2) is 24.3 Å². The molecule has 1 N–H and O–H groups in total. The quantitative estimate of drug-likeness (QED) is 0.536. The number of hydrogen-bond donors (Lipinski definition) is 1. The molecule has 2 rings (SSSR count). The van der Waals surface area contributed by atoms with E-state index in [1.165, 1.54) is 38.1 Å². The van der Waals surface area contributed by atoms with Crippen molar-refractivity contribution in [1.29, 1.82) is 0 Å². The van der Waals surface area contributed by atoms with E-state index in [4.69, 9.17) is 4.74 Å². The van der Waals surface area contributed by atoms with Crippen molar-refractivity contribution in [1.82, 2.24) is 15.1 Å². The Morgan fingerprint density at radius 3 is 2.15 bits per heavy atom. The molecule has 0 saturated heterocycles. The summed E-state index contributed by atoms with van der Waals surface area (Å²) in [7, 11) is 3.08. The van der Waals surface area contributed by atoms with E-state index in [9.17, 15) is 24.0 Å². The monoisotopic (exact) mass is 361 g/mol. The van der Waals surface area contributed by atoms with Gasteiger partial charge >= 0.3 is 5.97 Å². The molecule has 1 aromatic carbocycles. The highest BCUT2D eigenvalue weighted by atomic mass is 16.5. The number of amides is 4. The van der Waals surface area contributed by atoms with Gasteiger partial charge in [-0.15, -0.1) is 0 Å². The lowest BCUT2D eigenvalue weighted by Crippen LogP contribution is -2.45. The largest absolute Gasteiger partial charge is 0.454 e. The maximum Gasteiger partial charge on any atom is 0.329 e. The number of nitrogens with one attached hydrogen (secondary N) is 1. The fourth-order valence-corrected chi connectivity index (χ4v) is 2.31. The van der Waals surface area contributed by atoms with Gasteiger partial charge in [-0.1, -0.05) is 12.1 Å². The van der Waals surface area contributed by atoms with Crippen LogP contribution in [-0.2, 0) is 19.1 Å². The van der Waals surface area contributed by atoms with Gasteiger partial charge in [0.25, 0.3) is 17.7 Å². The summed E-state index contributed by atoms with van der Waals surface area (Å²) >= 11 is 0. The van der Waals surface area contributed by atoms with Crippen molar-refractivity contribution >= 4 is 29.6 Å². The number of rotatable bonds is 6. The van der Waals surface area contributed by atoms with Gasteiger partial charge in [0.1, 0.15) is 6.04 Å². The number of hydrogen-bond acceptors (Lipinski definition) is 6. The van der Waals surface area contributed by atoms with Crippen LogP contribution in [0.5, 0.6) is 0 Å². The van der Waals surface area contributed by atoms with Crippen molar-refractivity contribution in [3.8, 4) is 0 Å². The maximum absolute atomic E-state index is 12.3. The predicted molar refractivity (Wildman–Crippen MR) is 89.1 cm³/mol. The normalized spacial score (nSPS) is 13.9. The zero-order valence-electron chi connectivity index (χ0n) is 14.6. The van der Waals surface area contributed by atoms with Gasteiger partial charge < -0.3 is 15.0 Å². The first-order valence-corrected chi connectivity index (χ1v) is 7.84. The van der Waals surface area contributed by atoms with E-state index in [1.54, 1.807) is 12.1 Å².